The zero-order valence-electron chi connectivity index (χ0n) is 29.1. The predicted molar refractivity (Wildman–Crippen MR) is 187 cm³/mol. The molecule has 11 nitrogen and oxygen atoms in total. The lowest BCUT2D eigenvalue weighted by atomic mass is 9.96. The first-order valence-corrected chi connectivity index (χ1v) is 17.8. The second-order valence-electron chi connectivity index (χ2n) is 12.2. The highest BCUT2D eigenvalue weighted by atomic mass is 16.8. The van der Waals surface area contributed by atoms with Gasteiger partial charge in [-0.2, -0.15) is 0 Å². The van der Waals surface area contributed by atoms with Gasteiger partial charge in [-0.25, -0.2) is 0 Å². The Bertz CT molecular complexity index is 1070. The number of ether oxygens (including phenoxy) is 4. The lowest BCUT2D eigenvalue weighted by Gasteiger charge is -2.46. The maximum absolute atomic E-state index is 12.4. The van der Waals surface area contributed by atoms with Crippen molar-refractivity contribution in [1.29, 1.82) is 0 Å². The van der Waals surface area contributed by atoms with E-state index in [9.17, 15) is 35.4 Å². The van der Waals surface area contributed by atoms with E-state index in [0.29, 0.717) is 25.7 Å². The summed E-state index contributed by atoms with van der Waals surface area (Å²) >= 11 is 0. The summed E-state index contributed by atoms with van der Waals surface area (Å²) in [4.78, 5) is 12.4. The first-order chi connectivity index (χ1) is 23.7. The van der Waals surface area contributed by atoms with Crippen molar-refractivity contribution in [3.63, 3.8) is 0 Å². The molecule has 0 aromatic carbocycles. The van der Waals surface area contributed by atoms with E-state index >= 15 is 0 Å². The highest BCUT2D eigenvalue weighted by Crippen LogP contribution is 2.30. The van der Waals surface area contributed by atoms with E-state index in [1.165, 1.54) is 0 Å². The van der Waals surface area contributed by atoms with Gasteiger partial charge in [0.25, 0.3) is 0 Å². The molecular weight excluding hydrogens is 632 g/mol. The molecule has 2 rings (SSSR count). The molecule has 11 heteroatoms. The van der Waals surface area contributed by atoms with Crippen molar-refractivity contribution in [2.24, 2.45) is 0 Å². The summed E-state index contributed by atoms with van der Waals surface area (Å²) < 4.78 is 22.7. The molecule has 2 aliphatic rings. The topological polar surface area (TPSA) is 175 Å². The molecule has 0 aliphatic carbocycles. The van der Waals surface area contributed by atoms with Crippen LogP contribution in [-0.4, -0.2) is 111 Å². The number of ketones is 1. The molecule has 0 radical (unpaired) electrons. The van der Waals surface area contributed by atoms with Gasteiger partial charge in [0.1, 0.15) is 48.5 Å². The molecule has 2 saturated heterocycles. The number of carbonyl (C=O) groups is 1. The number of hydrogen-bond donors (Lipinski definition) is 6. The minimum atomic E-state index is -1.70. The van der Waals surface area contributed by atoms with Gasteiger partial charge in [-0.1, -0.05) is 86.8 Å². The zero-order valence-corrected chi connectivity index (χ0v) is 29.1. The standard InChI is InChI=1S/C38H60O11/c1-3-5-6-7-8-9-10-11-12-13-14-15-16-17-18-19-20-21-22-24-28(40)25-23-26-46-38-36(34(44)31(41)29(4-2)47-38)49-37-35(45)33(43)32(42)30(27-39)48-37/h5-6,8-9,11-12,14-15,17-18,20-21,29-39,41-45H,3-4,7,10,13,16,19,22-27H2,1-2H3/b6-5-,9-8-,12-11-,15-14-,18-17-,21-20-/t29-,30-,31-,32-,33+,34+,35-,36-,37+,38-/m1/s1. The molecule has 0 aromatic heterocycles. The number of allylic oxidation sites excluding steroid dienone is 12. The van der Waals surface area contributed by atoms with Crippen molar-refractivity contribution >= 4 is 5.78 Å². The largest absolute Gasteiger partial charge is 0.394 e. The van der Waals surface area contributed by atoms with Crippen LogP contribution in [0.5, 0.6) is 0 Å². The number of aliphatic hydroxyl groups excluding tert-OH is 6. The quantitative estimate of drug-likeness (QED) is 0.0678. The molecule has 278 valence electrons. The lowest BCUT2D eigenvalue weighted by Crippen LogP contribution is -2.64. The summed E-state index contributed by atoms with van der Waals surface area (Å²) in [5.74, 6) is 0.0868. The summed E-state index contributed by atoms with van der Waals surface area (Å²) in [6.45, 7) is 3.36. The van der Waals surface area contributed by atoms with Crippen LogP contribution in [0.15, 0.2) is 72.9 Å². The Hall–Kier alpha value is -2.29. The third-order valence-corrected chi connectivity index (χ3v) is 8.26. The Kier molecular flexibility index (Phi) is 22.4. The first kappa shape index (κ1) is 42.9. The number of rotatable bonds is 23. The van der Waals surface area contributed by atoms with Crippen LogP contribution < -0.4 is 0 Å². The third kappa shape index (κ3) is 16.1. The number of Topliss-reactive ketones (excluding diaryl/α,β-unsaturated/α-hetero) is 1. The van der Waals surface area contributed by atoms with Crippen molar-refractivity contribution in [1.82, 2.24) is 0 Å². The van der Waals surface area contributed by atoms with Gasteiger partial charge in [-0.05, 0) is 57.8 Å². The van der Waals surface area contributed by atoms with Crippen LogP contribution in [0.1, 0.15) is 84.5 Å². The molecule has 0 amide bonds. The maximum Gasteiger partial charge on any atom is 0.187 e. The SMILES string of the molecule is CC/C=C\C/C=C\C/C=C\C/C=C\C/C=C\C/C=C\CCC(=O)CCCO[C@@H]1O[C@H](CC)[C@@H](O)[C@H](O)[C@H]1O[C@@H]1O[C@H](CO)[C@@H](O)[C@H](O)[C@H]1O. The van der Waals surface area contributed by atoms with Gasteiger partial charge in [-0.15, -0.1) is 0 Å². The molecule has 2 aliphatic heterocycles. The van der Waals surface area contributed by atoms with E-state index in [-0.39, 0.29) is 18.8 Å². The van der Waals surface area contributed by atoms with Crippen LogP contribution in [0.2, 0.25) is 0 Å². The van der Waals surface area contributed by atoms with Gasteiger partial charge in [0.15, 0.2) is 12.6 Å². The lowest BCUT2D eigenvalue weighted by molar-refractivity contribution is -0.366. The maximum atomic E-state index is 12.4. The molecule has 49 heavy (non-hydrogen) atoms. The van der Waals surface area contributed by atoms with Crippen LogP contribution in [0.3, 0.4) is 0 Å². The normalized spacial score (nSPS) is 31.5. The summed E-state index contributed by atoms with van der Waals surface area (Å²) in [5.41, 5.74) is 0. The van der Waals surface area contributed by atoms with Crippen molar-refractivity contribution in [3.05, 3.63) is 72.9 Å². The Morgan fingerprint density at radius 3 is 1.65 bits per heavy atom. The molecule has 6 N–H and O–H groups in total. The van der Waals surface area contributed by atoms with Gasteiger partial charge in [0.05, 0.1) is 19.3 Å². The Morgan fingerprint density at radius 2 is 1.12 bits per heavy atom. The summed E-state index contributed by atoms with van der Waals surface area (Å²) in [6.07, 6.45) is 19.7. The molecule has 0 spiro atoms. The second-order valence-corrected chi connectivity index (χ2v) is 12.2. The monoisotopic (exact) mass is 692 g/mol. The van der Waals surface area contributed by atoms with Gasteiger partial charge in [0, 0.05) is 12.8 Å². The van der Waals surface area contributed by atoms with Crippen LogP contribution in [-0.2, 0) is 23.7 Å². The van der Waals surface area contributed by atoms with Crippen LogP contribution in [0.4, 0.5) is 0 Å². The Morgan fingerprint density at radius 1 is 0.612 bits per heavy atom. The van der Waals surface area contributed by atoms with Crippen LogP contribution >= 0.6 is 0 Å². The van der Waals surface area contributed by atoms with Crippen LogP contribution in [0, 0.1) is 0 Å². The van der Waals surface area contributed by atoms with E-state index in [2.05, 4.69) is 67.7 Å². The Balaban J connectivity index is 1.65. The number of hydrogen-bond acceptors (Lipinski definition) is 11. The molecule has 0 bridgehead atoms. The zero-order chi connectivity index (χ0) is 35.9. The van der Waals surface area contributed by atoms with Gasteiger partial charge >= 0.3 is 0 Å². The van der Waals surface area contributed by atoms with Crippen molar-refractivity contribution in [2.45, 2.75) is 146 Å². The van der Waals surface area contributed by atoms with Crippen molar-refractivity contribution in [3.8, 4) is 0 Å². The molecular formula is C38H60O11. The highest BCUT2D eigenvalue weighted by Gasteiger charge is 2.50. The van der Waals surface area contributed by atoms with Gasteiger partial charge < -0.3 is 49.6 Å². The minimum Gasteiger partial charge on any atom is -0.394 e. The van der Waals surface area contributed by atoms with Crippen molar-refractivity contribution in [2.75, 3.05) is 13.2 Å². The summed E-state index contributed by atoms with van der Waals surface area (Å²) in [6, 6.07) is 0. The van der Waals surface area contributed by atoms with Gasteiger partial charge in [0.2, 0.25) is 0 Å². The van der Waals surface area contributed by atoms with Gasteiger partial charge in [-0.3, -0.25) is 4.79 Å². The molecule has 2 heterocycles. The Labute approximate surface area is 291 Å². The number of carbonyl (C=O) groups excluding carboxylic acids is 1. The fraction of sp³-hybridized carbons (Fsp3) is 0.658. The van der Waals surface area contributed by atoms with E-state index in [1.54, 1.807) is 6.92 Å². The molecule has 10 atom stereocenters. The third-order valence-electron chi connectivity index (χ3n) is 8.26. The average Bonchev–Trinajstić information content (AvgIpc) is 3.10. The average molecular weight is 693 g/mol. The molecule has 2 fully saturated rings. The summed E-state index contributed by atoms with van der Waals surface area (Å²) in [7, 11) is 0. The molecule has 0 unspecified atom stereocenters. The number of aliphatic hydroxyl groups is 6. The highest BCUT2D eigenvalue weighted by molar-refractivity contribution is 5.78. The minimum absolute atomic E-state index is 0.0868. The van der Waals surface area contributed by atoms with E-state index in [0.717, 1.165) is 38.5 Å². The predicted octanol–water partition coefficient (Wildman–Crippen LogP) is 3.87. The van der Waals surface area contributed by atoms with E-state index in [1.807, 2.05) is 12.2 Å². The smallest absolute Gasteiger partial charge is 0.187 e. The molecule has 0 saturated carbocycles. The van der Waals surface area contributed by atoms with Crippen LogP contribution in [0.25, 0.3) is 0 Å². The fourth-order valence-electron chi connectivity index (χ4n) is 5.33. The summed E-state index contributed by atoms with van der Waals surface area (Å²) in [5, 5.41) is 61.3. The first-order valence-electron chi connectivity index (χ1n) is 17.8. The van der Waals surface area contributed by atoms with E-state index in [4.69, 9.17) is 18.9 Å². The second kappa shape index (κ2) is 25.6. The molecule has 0 aromatic rings. The van der Waals surface area contributed by atoms with E-state index < -0.39 is 68.0 Å². The fourth-order valence-corrected chi connectivity index (χ4v) is 5.33. The van der Waals surface area contributed by atoms with Crippen molar-refractivity contribution < 1.29 is 54.4 Å².